The fourth-order valence-electron chi connectivity index (χ4n) is 1.79. The van der Waals surface area contributed by atoms with Crippen LogP contribution in [0.25, 0.3) is 0 Å². The van der Waals surface area contributed by atoms with Gasteiger partial charge in [-0.1, -0.05) is 6.07 Å². The zero-order chi connectivity index (χ0) is 13.7. The Labute approximate surface area is 105 Å². The first-order valence-corrected chi connectivity index (χ1v) is 5.36. The van der Waals surface area contributed by atoms with Gasteiger partial charge in [-0.15, -0.1) is 0 Å². The van der Waals surface area contributed by atoms with Gasteiger partial charge in [0.05, 0.1) is 7.11 Å². The molecule has 0 saturated carbocycles. The predicted octanol–water partition coefficient (Wildman–Crippen LogP) is 0.417. The predicted molar refractivity (Wildman–Crippen MR) is 65.2 cm³/mol. The minimum atomic E-state index is -1.12. The summed E-state index contributed by atoms with van der Waals surface area (Å²) < 4.78 is 10.1. The first kappa shape index (κ1) is 14.3. The van der Waals surface area contributed by atoms with Crippen LogP contribution in [0.3, 0.4) is 0 Å². The second-order valence-corrected chi connectivity index (χ2v) is 3.55. The van der Waals surface area contributed by atoms with Crippen molar-refractivity contribution in [2.24, 2.45) is 0 Å². The van der Waals surface area contributed by atoms with E-state index in [4.69, 9.17) is 19.6 Å². The number of aryl methyl sites for hydroxylation is 1. The number of methoxy groups -OCH3 is 1. The highest BCUT2D eigenvalue weighted by atomic mass is 16.5. The Morgan fingerprint density at radius 1 is 1.44 bits per heavy atom. The number of rotatable bonds is 2. The first-order chi connectivity index (χ1) is 8.63. The number of carboxylic acids is 1. The zero-order valence-corrected chi connectivity index (χ0v) is 10.2. The largest absolute Gasteiger partial charge is 0.535 e. The summed E-state index contributed by atoms with van der Waals surface area (Å²) in [6, 6.07) is 3.36. The molecule has 1 aliphatic heterocycles. The van der Waals surface area contributed by atoms with E-state index in [-0.39, 0.29) is 17.1 Å². The number of carbonyl (C=O) groups is 1. The van der Waals surface area contributed by atoms with E-state index < -0.39 is 13.1 Å². The molecule has 0 fully saturated rings. The third-order valence-corrected chi connectivity index (χ3v) is 2.55. The maximum absolute atomic E-state index is 11.1. The van der Waals surface area contributed by atoms with E-state index in [1.54, 1.807) is 12.1 Å². The molecule has 1 aromatic rings. The minimum Gasteiger partial charge on any atom is -0.535 e. The van der Waals surface area contributed by atoms with Crippen LogP contribution in [-0.4, -0.2) is 42.5 Å². The number of fused-ring (bicyclic) bond motifs is 1. The standard InChI is InChI=1S/C10H11BO5.CH4O/c1-15-7-3-2-6-4-5-11(14)16-9(6)8(7)10(12)13;1-2/h2-3,14H,4-5H2,1H3,(H,12,13);2H,1H3. The molecular weight excluding hydrogens is 239 g/mol. The van der Waals surface area contributed by atoms with Crippen molar-refractivity contribution >= 4 is 13.1 Å². The van der Waals surface area contributed by atoms with Gasteiger partial charge in [-0.25, -0.2) is 4.79 Å². The summed E-state index contributed by atoms with van der Waals surface area (Å²) in [5.74, 6) is -0.672. The van der Waals surface area contributed by atoms with Crippen molar-refractivity contribution in [2.75, 3.05) is 14.2 Å². The monoisotopic (exact) mass is 254 g/mol. The number of hydrogen-bond acceptors (Lipinski definition) is 5. The molecule has 0 atom stereocenters. The van der Waals surface area contributed by atoms with E-state index in [1.807, 2.05) is 0 Å². The fraction of sp³-hybridized carbons (Fsp3) is 0.364. The molecule has 3 N–H and O–H groups in total. The molecule has 7 heteroatoms. The van der Waals surface area contributed by atoms with E-state index in [2.05, 4.69) is 0 Å². The van der Waals surface area contributed by atoms with Gasteiger partial charge in [-0.2, -0.15) is 0 Å². The number of benzene rings is 1. The second kappa shape index (κ2) is 6.27. The molecule has 0 spiro atoms. The molecule has 1 aromatic carbocycles. The summed E-state index contributed by atoms with van der Waals surface area (Å²) in [6.45, 7) is 0. The number of aliphatic hydroxyl groups is 1. The molecule has 0 aliphatic carbocycles. The van der Waals surface area contributed by atoms with Crippen molar-refractivity contribution in [3.8, 4) is 11.5 Å². The Morgan fingerprint density at radius 2 is 2.11 bits per heavy atom. The van der Waals surface area contributed by atoms with Crippen LogP contribution >= 0.6 is 0 Å². The lowest BCUT2D eigenvalue weighted by Gasteiger charge is -2.22. The third kappa shape index (κ3) is 2.74. The van der Waals surface area contributed by atoms with Gasteiger partial charge in [0.15, 0.2) is 0 Å². The highest BCUT2D eigenvalue weighted by Gasteiger charge is 2.29. The molecule has 0 bridgehead atoms. The van der Waals surface area contributed by atoms with Crippen LogP contribution in [0.15, 0.2) is 12.1 Å². The minimum absolute atomic E-state index is 0.0289. The summed E-state index contributed by atoms with van der Waals surface area (Å²) >= 11 is 0. The van der Waals surface area contributed by atoms with Crippen LogP contribution in [-0.2, 0) is 6.42 Å². The van der Waals surface area contributed by atoms with Crippen LogP contribution < -0.4 is 9.39 Å². The van der Waals surface area contributed by atoms with E-state index >= 15 is 0 Å². The molecule has 0 aromatic heterocycles. The van der Waals surface area contributed by atoms with E-state index in [0.29, 0.717) is 12.7 Å². The molecule has 0 unspecified atom stereocenters. The average molecular weight is 254 g/mol. The van der Waals surface area contributed by atoms with Crippen LogP contribution in [0, 0.1) is 0 Å². The van der Waals surface area contributed by atoms with Gasteiger partial charge in [-0.05, 0) is 24.4 Å². The van der Waals surface area contributed by atoms with Crippen molar-refractivity contribution < 1.29 is 29.4 Å². The Kier molecular flexibility index (Phi) is 5.00. The molecule has 18 heavy (non-hydrogen) atoms. The molecule has 0 radical (unpaired) electrons. The Hall–Kier alpha value is -1.73. The Morgan fingerprint density at radius 3 is 2.67 bits per heavy atom. The number of aliphatic hydroxyl groups excluding tert-OH is 1. The van der Waals surface area contributed by atoms with Crippen molar-refractivity contribution in [1.82, 2.24) is 0 Å². The molecule has 98 valence electrons. The highest BCUT2D eigenvalue weighted by Crippen LogP contribution is 2.36. The third-order valence-electron chi connectivity index (χ3n) is 2.55. The number of aromatic carboxylic acids is 1. The first-order valence-electron chi connectivity index (χ1n) is 5.36. The zero-order valence-electron chi connectivity index (χ0n) is 10.2. The Bertz CT molecular complexity index is 434. The maximum atomic E-state index is 11.1. The van der Waals surface area contributed by atoms with Crippen molar-refractivity contribution in [1.29, 1.82) is 0 Å². The quantitative estimate of drug-likeness (QED) is 0.662. The molecule has 6 nitrogen and oxygen atoms in total. The average Bonchev–Trinajstić information content (AvgIpc) is 2.39. The van der Waals surface area contributed by atoms with Crippen LogP contribution in [0.4, 0.5) is 0 Å². The van der Waals surface area contributed by atoms with E-state index in [9.17, 15) is 9.82 Å². The summed E-state index contributed by atoms with van der Waals surface area (Å²) in [5.41, 5.74) is 0.752. The lowest BCUT2D eigenvalue weighted by Crippen LogP contribution is -2.28. The van der Waals surface area contributed by atoms with Crippen molar-refractivity contribution in [2.45, 2.75) is 12.7 Å². The fourth-order valence-corrected chi connectivity index (χ4v) is 1.79. The van der Waals surface area contributed by atoms with Gasteiger partial charge in [0.25, 0.3) is 0 Å². The molecule has 0 saturated heterocycles. The summed E-state index contributed by atoms with van der Waals surface area (Å²) in [7, 11) is 1.45. The number of carboxylic acid groups (broad SMARTS) is 1. The highest BCUT2D eigenvalue weighted by molar-refractivity contribution is 6.44. The van der Waals surface area contributed by atoms with Gasteiger partial charge >= 0.3 is 13.1 Å². The summed E-state index contributed by atoms with van der Waals surface area (Å²) in [4.78, 5) is 11.1. The lowest BCUT2D eigenvalue weighted by molar-refractivity contribution is 0.0690. The van der Waals surface area contributed by atoms with Crippen molar-refractivity contribution in [3.05, 3.63) is 23.3 Å². The van der Waals surface area contributed by atoms with Gasteiger partial charge in [-0.3, -0.25) is 0 Å². The second-order valence-electron chi connectivity index (χ2n) is 3.55. The normalized spacial score (nSPS) is 12.8. The van der Waals surface area contributed by atoms with Crippen molar-refractivity contribution in [3.63, 3.8) is 0 Å². The number of hydrogen-bond donors (Lipinski definition) is 3. The molecule has 1 heterocycles. The molecule has 0 amide bonds. The van der Waals surface area contributed by atoms with E-state index in [1.165, 1.54) is 7.11 Å². The smallest absolute Gasteiger partial charge is 0.522 e. The molecular formula is C11H15BO6. The SMILES string of the molecule is CO.COc1ccc2c(c1C(=O)O)OB(O)CC2. The molecule has 1 aliphatic rings. The lowest BCUT2D eigenvalue weighted by atomic mass is 9.78. The maximum Gasteiger partial charge on any atom is 0.522 e. The number of ether oxygens (including phenoxy) is 1. The van der Waals surface area contributed by atoms with Gasteiger partial charge in [0, 0.05) is 7.11 Å². The topological polar surface area (TPSA) is 96.2 Å². The molecule has 2 rings (SSSR count). The van der Waals surface area contributed by atoms with Gasteiger partial charge < -0.3 is 24.6 Å². The van der Waals surface area contributed by atoms with Gasteiger partial charge in [0.2, 0.25) is 0 Å². The summed E-state index contributed by atoms with van der Waals surface area (Å²) in [5, 5.41) is 25.5. The van der Waals surface area contributed by atoms with Crippen LogP contribution in [0.5, 0.6) is 11.5 Å². The van der Waals surface area contributed by atoms with Crippen LogP contribution in [0.1, 0.15) is 15.9 Å². The summed E-state index contributed by atoms with van der Waals surface area (Å²) in [6.07, 6.45) is 1.07. The Balaban J connectivity index is 0.000000771. The van der Waals surface area contributed by atoms with E-state index in [0.717, 1.165) is 12.7 Å². The van der Waals surface area contributed by atoms with Gasteiger partial charge in [0.1, 0.15) is 17.1 Å². The van der Waals surface area contributed by atoms with Crippen LogP contribution in [0.2, 0.25) is 6.32 Å².